The van der Waals surface area contributed by atoms with Crippen LogP contribution < -0.4 is 4.72 Å². The Labute approximate surface area is 158 Å². The number of hydrogen-bond acceptors (Lipinski definition) is 3. The Morgan fingerprint density at radius 2 is 1.93 bits per heavy atom. The molecule has 5 nitrogen and oxygen atoms in total. The van der Waals surface area contributed by atoms with Crippen molar-refractivity contribution in [1.29, 1.82) is 0 Å². The highest BCUT2D eigenvalue weighted by molar-refractivity contribution is 7.89. The van der Waals surface area contributed by atoms with Crippen LogP contribution in [0.4, 0.5) is 4.39 Å². The van der Waals surface area contributed by atoms with Crippen molar-refractivity contribution in [1.82, 2.24) is 9.71 Å². The van der Waals surface area contributed by atoms with Gasteiger partial charge in [0.05, 0.1) is 19.0 Å². The number of rotatable bonds is 9. The van der Waals surface area contributed by atoms with Gasteiger partial charge in [-0.15, -0.1) is 0 Å². The molecule has 0 radical (unpaired) electrons. The lowest BCUT2D eigenvalue weighted by Crippen LogP contribution is -2.30. The number of nitrogens with one attached hydrogen (secondary N) is 2. The minimum atomic E-state index is -3.42. The summed E-state index contributed by atoms with van der Waals surface area (Å²) in [5, 5.41) is 0.790. The normalized spacial score (nSPS) is 11.9. The lowest BCUT2D eigenvalue weighted by atomic mass is 10.1. The van der Waals surface area contributed by atoms with Crippen LogP contribution in [0.15, 0.2) is 48.5 Å². The maximum atomic E-state index is 13.5. The van der Waals surface area contributed by atoms with Crippen LogP contribution in [0.2, 0.25) is 0 Å². The summed E-state index contributed by atoms with van der Waals surface area (Å²) < 4.78 is 45.7. The lowest BCUT2D eigenvalue weighted by molar-refractivity contribution is 0.135. The van der Waals surface area contributed by atoms with Crippen molar-refractivity contribution in [2.24, 2.45) is 0 Å². The van der Waals surface area contributed by atoms with Crippen molar-refractivity contribution < 1.29 is 17.5 Å². The molecule has 0 amide bonds. The van der Waals surface area contributed by atoms with E-state index in [2.05, 4.69) is 9.71 Å². The van der Waals surface area contributed by atoms with E-state index < -0.39 is 10.0 Å². The van der Waals surface area contributed by atoms with Gasteiger partial charge in [0.15, 0.2) is 0 Å². The molecule has 144 valence electrons. The van der Waals surface area contributed by atoms with Crippen LogP contribution in [0.25, 0.3) is 10.9 Å². The van der Waals surface area contributed by atoms with Gasteiger partial charge in [0.1, 0.15) is 5.82 Å². The summed E-state index contributed by atoms with van der Waals surface area (Å²) in [5.41, 5.74) is 3.69. The van der Waals surface area contributed by atoms with E-state index in [9.17, 15) is 12.8 Å². The monoisotopic (exact) mass is 390 g/mol. The van der Waals surface area contributed by atoms with Crippen LogP contribution in [0.3, 0.4) is 0 Å². The van der Waals surface area contributed by atoms with Gasteiger partial charge in [-0.25, -0.2) is 17.5 Å². The fourth-order valence-corrected chi connectivity index (χ4v) is 3.91. The summed E-state index contributed by atoms with van der Waals surface area (Å²) in [6.45, 7) is 2.67. The van der Waals surface area contributed by atoms with Gasteiger partial charge in [-0.05, 0) is 42.7 Å². The highest BCUT2D eigenvalue weighted by atomic mass is 32.2. The number of benzene rings is 2. The van der Waals surface area contributed by atoms with E-state index in [0.29, 0.717) is 13.0 Å². The smallest absolute Gasteiger partial charge is 0.213 e. The molecule has 3 rings (SSSR count). The Morgan fingerprint density at radius 1 is 1.15 bits per heavy atom. The fourth-order valence-electron chi connectivity index (χ4n) is 3.01. The number of sulfonamides is 1. The zero-order chi connectivity index (χ0) is 19.3. The van der Waals surface area contributed by atoms with E-state index in [1.54, 1.807) is 6.07 Å². The number of halogens is 1. The number of H-pyrrole nitrogens is 1. The summed E-state index contributed by atoms with van der Waals surface area (Å²) in [4.78, 5) is 3.20. The van der Waals surface area contributed by atoms with Crippen molar-refractivity contribution in [3.05, 3.63) is 71.2 Å². The standard InChI is InChI=1S/C20H23FN2O3S/c1-15-18(19-13-17(21)7-8-20(19)23-15)9-10-22-27(24,25)12-11-26-14-16-5-3-2-4-6-16/h2-8,13,22-23H,9-12,14H2,1H3. The van der Waals surface area contributed by atoms with Gasteiger partial charge in [0.25, 0.3) is 0 Å². The van der Waals surface area contributed by atoms with Crippen LogP contribution >= 0.6 is 0 Å². The molecule has 0 bridgehead atoms. The summed E-state index contributed by atoms with van der Waals surface area (Å²) in [5.74, 6) is -0.402. The average molecular weight is 390 g/mol. The second kappa shape index (κ2) is 8.65. The zero-order valence-electron chi connectivity index (χ0n) is 15.2. The predicted octanol–water partition coefficient (Wildman–Crippen LogP) is 3.29. The quantitative estimate of drug-likeness (QED) is 0.551. The van der Waals surface area contributed by atoms with E-state index in [-0.39, 0.29) is 24.7 Å². The van der Waals surface area contributed by atoms with Crippen LogP contribution in [-0.2, 0) is 27.8 Å². The Balaban J connectivity index is 1.48. The third-order valence-corrected chi connectivity index (χ3v) is 5.73. The number of fused-ring (bicyclic) bond motifs is 1. The molecule has 0 aliphatic rings. The number of aromatic amines is 1. The van der Waals surface area contributed by atoms with E-state index in [1.807, 2.05) is 37.3 Å². The van der Waals surface area contributed by atoms with Crippen LogP contribution in [0.5, 0.6) is 0 Å². The third-order valence-electron chi connectivity index (χ3n) is 4.39. The van der Waals surface area contributed by atoms with Crippen LogP contribution in [0.1, 0.15) is 16.8 Å². The highest BCUT2D eigenvalue weighted by Crippen LogP contribution is 2.23. The number of aryl methyl sites for hydroxylation is 1. The second-order valence-electron chi connectivity index (χ2n) is 6.42. The van der Waals surface area contributed by atoms with Crippen LogP contribution in [-0.4, -0.2) is 32.3 Å². The van der Waals surface area contributed by atoms with Crippen molar-refractivity contribution in [2.75, 3.05) is 18.9 Å². The van der Waals surface area contributed by atoms with Crippen molar-refractivity contribution in [3.63, 3.8) is 0 Å². The summed E-state index contributed by atoms with van der Waals surface area (Å²) in [6, 6.07) is 14.2. The molecule has 0 saturated carbocycles. The van der Waals surface area contributed by atoms with E-state index in [0.717, 1.165) is 27.7 Å². The SMILES string of the molecule is Cc1[nH]c2ccc(F)cc2c1CCNS(=O)(=O)CCOCc1ccccc1. The fraction of sp³-hybridized carbons (Fsp3) is 0.300. The Bertz CT molecular complexity index is 1000. The maximum absolute atomic E-state index is 13.5. The molecule has 2 aromatic carbocycles. The first-order valence-corrected chi connectivity index (χ1v) is 10.5. The van der Waals surface area contributed by atoms with E-state index >= 15 is 0 Å². The predicted molar refractivity (Wildman–Crippen MR) is 105 cm³/mol. The summed E-state index contributed by atoms with van der Waals surface area (Å²) in [7, 11) is -3.42. The first-order chi connectivity index (χ1) is 12.9. The molecule has 1 aromatic heterocycles. The first kappa shape index (κ1) is 19.5. The van der Waals surface area contributed by atoms with Crippen LogP contribution in [0, 0.1) is 12.7 Å². The molecule has 0 saturated heterocycles. The van der Waals surface area contributed by atoms with Gasteiger partial charge in [-0.1, -0.05) is 30.3 Å². The van der Waals surface area contributed by atoms with Gasteiger partial charge < -0.3 is 9.72 Å². The topological polar surface area (TPSA) is 71.2 Å². The molecule has 0 fully saturated rings. The Hall–Kier alpha value is -2.22. The molecular formula is C20H23FN2O3S. The summed E-state index contributed by atoms with van der Waals surface area (Å²) >= 11 is 0. The molecular weight excluding hydrogens is 367 g/mol. The number of hydrogen-bond donors (Lipinski definition) is 2. The van der Waals surface area contributed by atoms with Crippen molar-refractivity contribution in [3.8, 4) is 0 Å². The highest BCUT2D eigenvalue weighted by Gasteiger charge is 2.13. The molecule has 3 aromatic rings. The minimum absolute atomic E-state index is 0.0959. The maximum Gasteiger partial charge on any atom is 0.213 e. The molecule has 1 heterocycles. The van der Waals surface area contributed by atoms with Gasteiger partial charge in [-0.2, -0.15) is 0 Å². The average Bonchev–Trinajstić information content (AvgIpc) is 2.95. The Kier molecular flexibility index (Phi) is 6.26. The molecule has 0 atom stereocenters. The van der Waals surface area contributed by atoms with Gasteiger partial charge in [0.2, 0.25) is 10.0 Å². The van der Waals surface area contributed by atoms with E-state index in [1.165, 1.54) is 12.1 Å². The summed E-state index contributed by atoms with van der Waals surface area (Å²) in [6.07, 6.45) is 0.486. The number of ether oxygens (including phenoxy) is 1. The van der Waals surface area contributed by atoms with Gasteiger partial charge >= 0.3 is 0 Å². The molecule has 0 aliphatic heterocycles. The molecule has 0 spiro atoms. The molecule has 0 aliphatic carbocycles. The lowest BCUT2D eigenvalue weighted by Gasteiger charge is -2.08. The van der Waals surface area contributed by atoms with Crippen molar-refractivity contribution in [2.45, 2.75) is 20.0 Å². The molecule has 0 unspecified atom stereocenters. The zero-order valence-corrected chi connectivity index (χ0v) is 16.0. The molecule has 27 heavy (non-hydrogen) atoms. The first-order valence-electron chi connectivity index (χ1n) is 8.80. The van der Waals surface area contributed by atoms with Gasteiger partial charge in [0, 0.05) is 23.1 Å². The Morgan fingerprint density at radius 3 is 2.70 bits per heavy atom. The van der Waals surface area contributed by atoms with E-state index in [4.69, 9.17) is 4.74 Å². The second-order valence-corrected chi connectivity index (χ2v) is 8.35. The third kappa shape index (κ3) is 5.38. The van der Waals surface area contributed by atoms with Crippen molar-refractivity contribution >= 4 is 20.9 Å². The minimum Gasteiger partial charge on any atom is -0.376 e. The van der Waals surface area contributed by atoms with Gasteiger partial charge in [-0.3, -0.25) is 0 Å². The number of aromatic nitrogens is 1. The molecule has 2 N–H and O–H groups in total. The molecule has 7 heteroatoms. The largest absolute Gasteiger partial charge is 0.376 e.